The molecule has 0 aliphatic rings. The Balaban J connectivity index is 2.49. The number of benzene rings is 1. The molecule has 0 aliphatic heterocycles. The van der Waals surface area contributed by atoms with Gasteiger partial charge in [0.15, 0.2) is 6.61 Å². The summed E-state index contributed by atoms with van der Waals surface area (Å²) in [5.74, 6) is 0.392. The molecule has 0 radical (unpaired) electrons. The molecule has 4 heteroatoms. The highest BCUT2D eigenvalue weighted by molar-refractivity contribution is 5.71. The summed E-state index contributed by atoms with van der Waals surface area (Å²) in [4.78, 5) is 11.2. The van der Waals surface area contributed by atoms with Crippen LogP contribution in [0.5, 0.6) is 5.75 Å². The number of aryl methyl sites for hydroxylation is 1. The first-order valence-corrected chi connectivity index (χ1v) is 6.76. The van der Waals surface area contributed by atoms with Crippen molar-refractivity contribution in [3.05, 3.63) is 29.3 Å². The average Bonchev–Trinajstić information content (AvgIpc) is 2.38. The Bertz CT molecular complexity index is 404. The monoisotopic (exact) mass is 265 g/mol. The number of rotatable bonds is 8. The highest BCUT2D eigenvalue weighted by Gasteiger charge is 2.05. The van der Waals surface area contributed by atoms with Gasteiger partial charge in [-0.15, -0.1) is 0 Å². The standard InChI is InChI=1S/C15H23NO3/c1-4-8-16-10-13-6-7-14(12(3)9-13)19-11-15(17)18-5-2/h6-7,9,16H,4-5,8,10-11H2,1-3H3. The van der Waals surface area contributed by atoms with E-state index in [0.717, 1.165) is 30.8 Å². The van der Waals surface area contributed by atoms with Gasteiger partial charge in [0, 0.05) is 6.54 Å². The summed E-state index contributed by atoms with van der Waals surface area (Å²) in [5, 5.41) is 3.35. The maximum Gasteiger partial charge on any atom is 0.344 e. The Kier molecular flexibility index (Phi) is 6.97. The van der Waals surface area contributed by atoms with Gasteiger partial charge >= 0.3 is 5.97 Å². The molecule has 1 aromatic carbocycles. The van der Waals surface area contributed by atoms with Crippen LogP contribution >= 0.6 is 0 Å². The molecule has 0 aromatic heterocycles. The van der Waals surface area contributed by atoms with Crippen molar-refractivity contribution >= 4 is 5.97 Å². The second-order valence-corrected chi connectivity index (χ2v) is 4.37. The molecule has 1 aromatic rings. The third-order valence-electron chi connectivity index (χ3n) is 2.65. The van der Waals surface area contributed by atoms with Crippen LogP contribution in [0.25, 0.3) is 0 Å². The number of hydrogen-bond acceptors (Lipinski definition) is 4. The van der Waals surface area contributed by atoms with Gasteiger partial charge in [0.25, 0.3) is 0 Å². The van der Waals surface area contributed by atoms with E-state index in [1.165, 1.54) is 5.56 Å². The lowest BCUT2D eigenvalue weighted by Gasteiger charge is -2.10. The first kappa shape index (κ1) is 15.5. The molecule has 1 rings (SSSR count). The topological polar surface area (TPSA) is 47.6 Å². The summed E-state index contributed by atoms with van der Waals surface area (Å²) in [6.07, 6.45) is 1.12. The minimum absolute atomic E-state index is 0.0396. The summed E-state index contributed by atoms with van der Waals surface area (Å²) in [7, 11) is 0. The Morgan fingerprint density at radius 3 is 2.74 bits per heavy atom. The van der Waals surface area contributed by atoms with Gasteiger partial charge in [-0.2, -0.15) is 0 Å². The third kappa shape index (κ3) is 5.75. The highest BCUT2D eigenvalue weighted by Crippen LogP contribution is 2.19. The minimum Gasteiger partial charge on any atom is -0.482 e. The van der Waals surface area contributed by atoms with Gasteiger partial charge in [-0.1, -0.05) is 19.1 Å². The van der Waals surface area contributed by atoms with E-state index < -0.39 is 0 Å². The van der Waals surface area contributed by atoms with E-state index in [-0.39, 0.29) is 12.6 Å². The molecule has 0 saturated heterocycles. The third-order valence-corrected chi connectivity index (χ3v) is 2.65. The van der Waals surface area contributed by atoms with Crippen LogP contribution in [0, 0.1) is 6.92 Å². The Morgan fingerprint density at radius 1 is 1.32 bits per heavy atom. The molecular weight excluding hydrogens is 242 g/mol. The maximum absolute atomic E-state index is 11.2. The van der Waals surface area contributed by atoms with E-state index in [4.69, 9.17) is 9.47 Å². The zero-order valence-electron chi connectivity index (χ0n) is 12.0. The van der Waals surface area contributed by atoms with Gasteiger partial charge in [-0.25, -0.2) is 4.79 Å². The van der Waals surface area contributed by atoms with Crippen LogP contribution in [0.4, 0.5) is 0 Å². The molecule has 0 bridgehead atoms. The van der Waals surface area contributed by atoms with Crippen molar-refractivity contribution in [3.8, 4) is 5.75 Å². The summed E-state index contributed by atoms with van der Waals surface area (Å²) in [6, 6.07) is 5.98. The van der Waals surface area contributed by atoms with Crippen molar-refractivity contribution in [2.75, 3.05) is 19.8 Å². The fraction of sp³-hybridized carbons (Fsp3) is 0.533. The normalized spacial score (nSPS) is 10.3. The van der Waals surface area contributed by atoms with Gasteiger partial charge in [-0.05, 0) is 44.0 Å². The molecule has 106 valence electrons. The van der Waals surface area contributed by atoms with Gasteiger partial charge in [0.2, 0.25) is 0 Å². The molecule has 0 heterocycles. The number of hydrogen-bond donors (Lipinski definition) is 1. The number of esters is 1. The maximum atomic E-state index is 11.2. The molecule has 1 N–H and O–H groups in total. The van der Waals surface area contributed by atoms with Crippen LogP contribution < -0.4 is 10.1 Å². The van der Waals surface area contributed by atoms with Gasteiger partial charge in [-0.3, -0.25) is 0 Å². The first-order chi connectivity index (χ1) is 9.17. The fourth-order valence-electron chi connectivity index (χ4n) is 1.73. The van der Waals surface area contributed by atoms with E-state index in [9.17, 15) is 4.79 Å². The molecular formula is C15H23NO3. The van der Waals surface area contributed by atoms with Crippen LogP contribution in [0.3, 0.4) is 0 Å². The lowest BCUT2D eigenvalue weighted by atomic mass is 10.1. The van der Waals surface area contributed by atoms with Crippen LogP contribution in [-0.2, 0) is 16.1 Å². The molecule has 0 unspecified atom stereocenters. The molecule has 0 aliphatic carbocycles. The van der Waals surface area contributed by atoms with Gasteiger partial charge in [0.1, 0.15) is 5.75 Å². The van der Waals surface area contributed by atoms with Crippen LogP contribution in [0.2, 0.25) is 0 Å². The van der Waals surface area contributed by atoms with E-state index in [2.05, 4.69) is 18.3 Å². The smallest absolute Gasteiger partial charge is 0.344 e. The van der Waals surface area contributed by atoms with E-state index >= 15 is 0 Å². The largest absolute Gasteiger partial charge is 0.482 e. The number of carbonyl (C=O) groups is 1. The minimum atomic E-state index is -0.337. The molecule has 0 spiro atoms. The zero-order valence-corrected chi connectivity index (χ0v) is 12.0. The number of ether oxygens (including phenoxy) is 2. The van der Waals surface area contributed by atoms with E-state index in [1.54, 1.807) is 6.92 Å². The van der Waals surface area contributed by atoms with Crippen molar-refractivity contribution in [1.82, 2.24) is 5.32 Å². The highest BCUT2D eigenvalue weighted by atomic mass is 16.6. The Morgan fingerprint density at radius 2 is 2.11 bits per heavy atom. The molecule has 19 heavy (non-hydrogen) atoms. The van der Waals surface area contributed by atoms with Crippen molar-refractivity contribution in [1.29, 1.82) is 0 Å². The number of carbonyl (C=O) groups excluding carboxylic acids is 1. The van der Waals surface area contributed by atoms with Crippen LogP contribution in [-0.4, -0.2) is 25.7 Å². The van der Waals surface area contributed by atoms with Crippen molar-refractivity contribution < 1.29 is 14.3 Å². The second-order valence-electron chi connectivity index (χ2n) is 4.37. The summed E-state index contributed by atoms with van der Waals surface area (Å²) >= 11 is 0. The first-order valence-electron chi connectivity index (χ1n) is 6.76. The zero-order chi connectivity index (χ0) is 14.1. The summed E-state index contributed by atoms with van der Waals surface area (Å²) < 4.78 is 10.3. The predicted molar refractivity (Wildman–Crippen MR) is 75.3 cm³/mol. The fourth-order valence-corrected chi connectivity index (χ4v) is 1.73. The number of nitrogens with one attached hydrogen (secondary N) is 1. The lowest BCUT2D eigenvalue weighted by molar-refractivity contribution is -0.145. The average molecular weight is 265 g/mol. The van der Waals surface area contributed by atoms with Crippen LogP contribution in [0.1, 0.15) is 31.4 Å². The van der Waals surface area contributed by atoms with Crippen LogP contribution in [0.15, 0.2) is 18.2 Å². The van der Waals surface area contributed by atoms with Crippen molar-refractivity contribution in [2.45, 2.75) is 33.7 Å². The predicted octanol–water partition coefficient (Wildman–Crippen LogP) is 2.44. The molecule has 0 atom stereocenters. The summed E-state index contributed by atoms with van der Waals surface area (Å²) in [6.45, 7) is 8.11. The summed E-state index contributed by atoms with van der Waals surface area (Å²) in [5.41, 5.74) is 2.24. The van der Waals surface area contributed by atoms with E-state index in [1.807, 2.05) is 19.1 Å². The Hall–Kier alpha value is -1.55. The van der Waals surface area contributed by atoms with Gasteiger partial charge < -0.3 is 14.8 Å². The van der Waals surface area contributed by atoms with Crippen molar-refractivity contribution in [2.24, 2.45) is 0 Å². The quantitative estimate of drug-likeness (QED) is 0.579. The Labute approximate surface area is 115 Å². The lowest BCUT2D eigenvalue weighted by Crippen LogP contribution is -2.15. The second kappa shape index (κ2) is 8.53. The molecule has 0 fully saturated rings. The van der Waals surface area contributed by atoms with Crippen molar-refractivity contribution in [3.63, 3.8) is 0 Å². The molecule has 0 saturated carbocycles. The SMILES string of the molecule is CCCNCc1ccc(OCC(=O)OCC)c(C)c1. The molecule has 4 nitrogen and oxygen atoms in total. The van der Waals surface area contributed by atoms with Gasteiger partial charge in [0.05, 0.1) is 6.61 Å². The van der Waals surface area contributed by atoms with E-state index in [0.29, 0.717) is 6.61 Å². The molecule has 0 amide bonds.